The maximum Gasteiger partial charge on any atom is 0.329 e. The molecule has 0 radical (unpaired) electrons. The van der Waals surface area contributed by atoms with Gasteiger partial charge in [0, 0.05) is 12.7 Å². The number of benzene rings is 1. The number of carboxylic acids is 1. The van der Waals surface area contributed by atoms with Crippen molar-refractivity contribution in [2.45, 2.75) is 43.9 Å². The van der Waals surface area contributed by atoms with Crippen molar-refractivity contribution in [1.82, 2.24) is 10.6 Å². The first-order valence-corrected chi connectivity index (χ1v) is 9.53. The third-order valence-corrected chi connectivity index (χ3v) is 4.75. The van der Waals surface area contributed by atoms with Gasteiger partial charge in [0.25, 0.3) is 11.8 Å². The lowest BCUT2D eigenvalue weighted by Gasteiger charge is -2.23. The van der Waals surface area contributed by atoms with Crippen LogP contribution in [0.4, 0.5) is 0 Å². The van der Waals surface area contributed by atoms with Gasteiger partial charge in [-0.25, -0.2) is 4.79 Å². The maximum absolute atomic E-state index is 12.7. The van der Waals surface area contributed by atoms with Gasteiger partial charge >= 0.3 is 5.97 Å². The van der Waals surface area contributed by atoms with Crippen LogP contribution in [0.25, 0.3) is 0 Å². The zero-order valence-corrected chi connectivity index (χ0v) is 16.9. The summed E-state index contributed by atoms with van der Waals surface area (Å²) >= 11 is 0. The smallest absolute Gasteiger partial charge is 0.329 e. The third kappa shape index (κ3) is 5.93. The summed E-state index contributed by atoms with van der Waals surface area (Å²) in [6.45, 7) is -0.306. The molecule has 0 aliphatic heterocycles. The number of rotatable bonds is 11. The van der Waals surface area contributed by atoms with Crippen molar-refractivity contribution in [2.75, 3.05) is 20.8 Å². The summed E-state index contributed by atoms with van der Waals surface area (Å²) in [6, 6.07) is 2.82. The Morgan fingerprint density at radius 2 is 1.90 bits per heavy atom. The zero-order chi connectivity index (χ0) is 22.1. The minimum absolute atomic E-state index is 0.0309. The van der Waals surface area contributed by atoms with Gasteiger partial charge in [-0.1, -0.05) is 0 Å². The molecule has 0 bridgehead atoms. The average molecular weight is 422 g/mol. The molecule has 1 saturated carbocycles. The van der Waals surface area contributed by atoms with E-state index in [9.17, 15) is 24.3 Å². The lowest BCUT2D eigenvalue weighted by Crippen LogP contribution is -2.55. The molecular formula is C20H26N2O8. The largest absolute Gasteiger partial charge is 0.493 e. The summed E-state index contributed by atoms with van der Waals surface area (Å²) in [4.78, 5) is 46.9. The number of aliphatic carboxylic acids is 1. The first kappa shape index (κ1) is 23.1. The molecule has 10 nitrogen and oxygen atoms in total. The highest BCUT2D eigenvalue weighted by Crippen LogP contribution is 2.32. The molecule has 1 aliphatic rings. The second kappa shape index (κ2) is 11.1. The van der Waals surface area contributed by atoms with Gasteiger partial charge in [-0.15, -0.1) is 0 Å². The van der Waals surface area contributed by atoms with Gasteiger partial charge in [0.1, 0.15) is 6.29 Å². The number of ether oxygens (including phenoxy) is 3. The molecule has 0 aromatic heterocycles. The molecule has 2 amide bonds. The lowest BCUT2D eigenvalue weighted by atomic mass is 10.1. The van der Waals surface area contributed by atoms with Crippen molar-refractivity contribution in [1.29, 1.82) is 0 Å². The van der Waals surface area contributed by atoms with Crippen molar-refractivity contribution >= 4 is 24.1 Å². The molecule has 30 heavy (non-hydrogen) atoms. The predicted octanol–water partition coefficient (Wildman–Crippen LogP) is 0.530. The number of carbonyl (C=O) groups excluding carboxylic acids is 3. The Bertz CT molecular complexity index is 776. The van der Waals surface area contributed by atoms with Crippen LogP contribution in [-0.4, -0.2) is 68.2 Å². The summed E-state index contributed by atoms with van der Waals surface area (Å²) in [6.07, 6.45) is 2.90. The minimum atomic E-state index is -1.67. The quantitative estimate of drug-likeness (QED) is 0.439. The Labute approximate surface area is 173 Å². The Morgan fingerprint density at radius 3 is 2.47 bits per heavy atom. The van der Waals surface area contributed by atoms with Gasteiger partial charge in [-0.05, 0) is 43.9 Å². The Kier molecular flexibility index (Phi) is 8.60. The Morgan fingerprint density at radius 1 is 1.20 bits per heavy atom. The van der Waals surface area contributed by atoms with Gasteiger partial charge in [0.15, 0.2) is 23.6 Å². The maximum atomic E-state index is 12.7. The SMILES string of the molecule is COc1ccc(C(=O)N[C@H](C(=O)O)C(OC)C(=O)NCC=O)cc1OC1CCCC1. The van der Waals surface area contributed by atoms with Crippen molar-refractivity contribution in [3.8, 4) is 11.5 Å². The fourth-order valence-corrected chi connectivity index (χ4v) is 3.22. The standard InChI is InChI=1S/C20H26N2O8/c1-28-14-8-7-12(11-15(14)30-13-5-3-4-6-13)18(24)22-16(20(26)27)17(29-2)19(25)21-9-10-23/h7-8,10-11,13,16-17H,3-6,9H2,1-2H3,(H,21,25)(H,22,24)(H,26,27)/t16-,17?/m0/s1. The molecule has 1 aromatic rings. The highest BCUT2D eigenvalue weighted by molar-refractivity contribution is 5.99. The number of hydrogen-bond acceptors (Lipinski definition) is 7. The molecule has 2 atom stereocenters. The number of carboxylic acid groups (broad SMARTS) is 1. The van der Waals surface area contributed by atoms with E-state index in [-0.39, 0.29) is 18.2 Å². The second-order valence-corrected chi connectivity index (χ2v) is 6.75. The number of methoxy groups -OCH3 is 2. The van der Waals surface area contributed by atoms with E-state index < -0.39 is 29.9 Å². The molecule has 10 heteroatoms. The molecular weight excluding hydrogens is 396 g/mol. The summed E-state index contributed by atoms with van der Waals surface area (Å²) in [5.74, 6) is -2.19. The highest BCUT2D eigenvalue weighted by atomic mass is 16.5. The van der Waals surface area contributed by atoms with Crippen LogP contribution in [0.3, 0.4) is 0 Å². The van der Waals surface area contributed by atoms with E-state index in [2.05, 4.69) is 10.6 Å². The zero-order valence-electron chi connectivity index (χ0n) is 16.9. The van der Waals surface area contributed by atoms with E-state index in [4.69, 9.17) is 14.2 Å². The monoisotopic (exact) mass is 422 g/mol. The normalized spacial score (nSPS) is 15.7. The first-order chi connectivity index (χ1) is 14.4. The molecule has 0 saturated heterocycles. The molecule has 0 heterocycles. The van der Waals surface area contributed by atoms with Crippen molar-refractivity contribution in [2.24, 2.45) is 0 Å². The fraction of sp³-hybridized carbons (Fsp3) is 0.500. The summed E-state index contributed by atoms with van der Waals surface area (Å²) < 4.78 is 16.2. The number of carbonyl (C=O) groups is 4. The van der Waals surface area contributed by atoms with E-state index in [1.54, 1.807) is 6.07 Å². The fourth-order valence-electron chi connectivity index (χ4n) is 3.22. The van der Waals surface area contributed by atoms with Crippen LogP contribution >= 0.6 is 0 Å². The van der Waals surface area contributed by atoms with Crippen molar-refractivity contribution < 1.29 is 38.5 Å². The van der Waals surface area contributed by atoms with Crippen molar-refractivity contribution in [3.05, 3.63) is 23.8 Å². The second-order valence-electron chi connectivity index (χ2n) is 6.75. The molecule has 1 aromatic carbocycles. The van der Waals surface area contributed by atoms with E-state index >= 15 is 0 Å². The number of hydrogen-bond donors (Lipinski definition) is 3. The van der Waals surface area contributed by atoms with Gasteiger partial charge < -0.3 is 34.7 Å². The molecule has 0 spiro atoms. The van der Waals surface area contributed by atoms with Gasteiger partial charge in [0.2, 0.25) is 0 Å². The van der Waals surface area contributed by atoms with E-state index in [1.165, 1.54) is 19.2 Å². The molecule has 3 N–H and O–H groups in total. The van der Waals surface area contributed by atoms with Crippen LogP contribution in [0.15, 0.2) is 18.2 Å². The third-order valence-electron chi connectivity index (χ3n) is 4.75. The Balaban J connectivity index is 2.19. The molecule has 1 fully saturated rings. The van der Waals surface area contributed by atoms with Gasteiger partial charge in [-0.2, -0.15) is 0 Å². The summed E-state index contributed by atoms with van der Waals surface area (Å²) in [5, 5.41) is 14.0. The number of aldehydes is 1. The predicted molar refractivity (Wildman–Crippen MR) is 105 cm³/mol. The van der Waals surface area contributed by atoms with Crippen LogP contribution in [0.2, 0.25) is 0 Å². The molecule has 1 aliphatic carbocycles. The summed E-state index contributed by atoms with van der Waals surface area (Å²) in [5.41, 5.74) is 0.137. The minimum Gasteiger partial charge on any atom is -0.493 e. The lowest BCUT2D eigenvalue weighted by molar-refractivity contribution is -0.148. The van der Waals surface area contributed by atoms with Crippen LogP contribution in [0, 0.1) is 0 Å². The van der Waals surface area contributed by atoms with Gasteiger partial charge in [-0.3, -0.25) is 9.59 Å². The van der Waals surface area contributed by atoms with Crippen LogP contribution < -0.4 is 20.1 Å². The van der Waals surface area contributed by atoms with E-state index in [0.717, 1.165) is 32.8 Å². The highest BCUT2D eigenvalue weighted by Gasteiger charge is 2.35. The average Bonchev–Trinajstić information content (AvgIpc) is 3.24. The van der Waals surface area contributed by atoms with Crippen LogP contribution in [-0.2, 0) is 19.1 Å². The molecule has 2 rings (SSSR count). The van der Waals surface area contributed by atoms with Gasteiger partial charge in [0.05, 0.1) is 19.8 Å². The number of amides is 2. The number of nitrogens with one attached hydrogen (secondary N) is 2. The van der Waals surface area contributed by atoms with E-state index in [0.29, 0.717) is 17.8 Å². The van der Waals surface area contributed by atoms with E-state index in [1.807, 2.05) is 0 Å². The molecule has 164 valence electrons. The van der Waals surface area contributed by atoms with Crippen LogP contribution in [0.5, 0.6) is 11.5 Å². The topological polar surface area (TPSA) is 140 Å². The van der Waals surface area contributed by atoms with Crippen molar-refractivity contribution in [3.63, 3.8) is 0 Å². The van der Waals surface area contributed by atoms with Crippen LogP contribution in [0.1, 0.15) is 36.0 Å². The first-order valence-electron chi connectivity index (χ1n) is 9.53. The summed E-state index contributed by atoms with van der Waals surface area (Å²) in [7, 11) is 2.62. The molecule has 1 unspecified atom stereocenters. The Hall–Kier alpha value is -3.14.